The van der Waals surface area contributed by atoms with E-state index in [1.54, 1.807) is 4.31 Å². The Kier molecular flexibility index (Phi) is 6.16. The molecule has 0 bridgehead atoms. The van der Waals surface area contributed by atoms with E-state index in [1.165, 1.54) is 0 Å². The van der Waals surface area contributed by atoms with Crippen LogP contribution in [0.15, 0.2) is 15.4 Å². The minimum Gasteiger partial charge on any atom is -0.449 e. The molecule has 2 saturated heterocycles. The average Bonchev–Trinajstić information content (AvgIpc) is 3.10. The molecule has 0 aliphatic carbocycles. The molecule has 1 amide bonds. The molecule has 8 heteroatoms. The summed E-state index contributed by atoms with van der Waals surface area (Å²) in [5.74, 6) is 0.137. The topological polar surface area (TPSA) is 74.1 Å². The Bertz CT molecular complexity index is 1090. The number of piperidine rings is 1. The fourth-order valence-corrected chi connectivity index (χ4v) is 6.55. The van der Waals surface area contributed by atoms with Crippen LogP contribution < -0.4 is 0 Å². The predicted molar refractivity (Wildman–Crippen MR) is 121 cm³/mol. The Morgan fingerprint density at radius 3 is 2.23 bits per heavy atom. The number of sulfonamides is 1. The van der Waals surface area contributed by atoms with Crippen LogP contribution in [0, 0.1) is 20.8 Å². The van der Waals surface area contributed by atoms with E-state index < -0.39 is 10.0 Å². The van der Waals surface area contributed by atoms with Gasteiger partial charge in [0.25, 0.3) is 5.91 Å². The van der Waals surface area contributed by atoms with Gasteiger partial charge in [0.05, 0.1) is 0 Å². The van der Waals surface area contributed by atoms with Crippen LogP contribution in [0.25, 0.3) is 11.0 Å². The highest BCUT2D eigenvalue weighted by Crippen LogP contribution is 2.37. The number of benzene rings is 1. The number of likely N-dealkylation sites (tertiary alicyclic amines) is 1. The van der Waals surface area contributed by atoms with E-state index in [9.17, 15) is 13.2 Å². The maximum atomic E-state index is 13.7. The van der Waals surface area contributed by atoms with Gasteiger partial charge in [0, 0.05) is 50.2 Å². The second kappa shape index (κ2) is 8.56. The van der Waals surface area contributed by atoms with Gasteiger partial charge in [0.1, 0.15) is 4.90 Å². The molecular weight excluding hydrogens is 414 g/mol. The van der Waals surface area contributed by atoms with Crippen LogP contribution in [-0.2, 0) is 10.0 Å². The van der Waals surface area contributed by atoms with Crippen molar-refractivity contribution in [2.24, 2.45) is 0 Å². The van der Waals surface area contributed by atoms with Gasteiger partial charge in [-0.25, -0.2) is 8.42 Å². The van der Waals surface area contributed by atoms with Crippen LogP contribution in [0.1, 0.15) is 53.4 Å². The summed E-state index contributed by atoms with van der Waals surface area (Å²) < 4.78 is 35.1. The largest absolute Gasteiger partial charge is 0.449 e. The first-order valence-electron chi connectivity index (χ1n) is 11.3. The summed E-state index contributed by atoms with van der Waals surface area (Å²) in [6.45, 7) is 12.4. The van der Waals surface area contributed by atoms with E-state index in [2.05, 4.69) is 11.8 Å². The van der Waals surface area contributed by atoms with Crippen molar-refractivity contribution in [1.82, 2.24) is 14.1 Å². The molecule has 4 rings (SSSR count). The number of furan rings is 1. The van der Waals surface area contributed by atoms with Crippen molar-refractivity contribution in [2.75, 3.05) is 45.8 Å². The number of amides is 1. The Morgan fingerprint density at radius 1 is 0.968 bits per heavy atom. The first-order chi connectivity index (χ1) is 14.8. The number of nitrogens with zero attached hydrogens (tertiary/aromatic N) is 3. The summed E-state index contributed by atoms with van der Waals surface area (Å²) in [6.07, 6.45) is 3.12. The van der Waals surface area contributed by atoms with Crippen molar-refractivity contribution in [3.05, 3.63) is 28.5 Å². The molecule has 0 unspecified atom stereocenters. The Morgan fingerprint density at radius 2 is 1.61 bits per heavy atom. The smallest absolute Gasteiger partial charge is 0.289 e. The molecule has 0 N–H and O–H groups in total. The molecule has 2 fully saturated rings. The van der Waals surface area contributed by atoms with Crippen LogP contribution in [0.3, 0.4) is 0 Å². The number of hydrogen-bond acceptors (Lipinski definition) is 5. The fourth-order valence-electron chi connectivity index (χ4n) is 4.71. The SMILES string of the molecule is CCN1CCN(S(=O)(=O)c2c(C)c(C)cc3c(C)c(C(=O)N4CCCCC4)oc23)CC1. The molecule has 170 valence electrons. The van der Waals surface area contributed by atoms with Crippen LogP contribution in [-0.4, -0.2) is 74.2 Å². The number of rotatable bonds is 4. The summed E-state index contributed by atoms with van der Waals surface area (Å²) in [6, 6.07) is 1.95. The molecule has 31 heavy (non-hydrogen) atoms. The monoisotopic (exact) mass is 447 g/mol. The maximum absolute atomic E-state index is 13.7. The van der Waals surface area contributed by atoms with Gasteiger partial charge in [0.2, 0.25) is 10.0 Å². The van der Waals surface area contributed by atoms with E-state index in [-0.39, 0.29) is 16.6 Å². The summed E-state index contributed by atoms with van der Waals surface area (Å²) in [4.78, 5) is 17.4. The highest BCUT2D eigenvalue weighted by Gasteiger charge is 2.34. The van der Waals surface area contributed by atoms with Gasteiger partial charge in [0.15, 0.2) is 11.3 Å². The predicted octanol–water partition coefficient (Wildman–Crippen LogP) is 3.31. The summed E-state index contributed by atoms with van der Waals surface area (Å²) in [5, 5.41) is 0.717. The highest BCUT2D eigenvalue weighted by atomic mass is 32.2. The third-order valence-electron chi connectivity index (χ3n) is 6.91. The molecule has 0 saturated carbocycles. The molecule has 0 atom stereocenters. The number of likely N-dealkylation sites (N-methyl/N-ethyl adjacent to an activating group) is 1. The Labute approximate surface area is 185 Å². The lowest BCUT2D eigenvalue weighted by Crippen LogP contribution is -2.48. The maximum Gasteiger partial charge on any atom is 0.289 e. The minimum absolute atomic E-state index is 0.136. The van der Waals surface area contributed by atoms with Gasteiger partial charge in [-0.05, 0) is 63.8 Å². The van der Waals surface area contributed by atoms with E-state index in [0.717, 1.165) is 63.1 Å². The van der Waals surface area contributed by atoms with Gasteiger partial charge in [-0.1, -0.05) is 6.92 Å². The van der Waals surface area contributed by atoms with Gasteiger partial charge in [-0.2, -0.15) is 4.31 Å². The molecule has 2 aromatic rings. The molecule has 2 aliphatic rings. The van der Waals surface area contributed by atoms with Crippen LogP contribution in [0.4, 0.5) is 0 Å². The molecule has 3 heterocycles. The second-order valence-electron chi connectivity index (χ2n) is 8.77. The lowest BCUT2D eigenvalue weighted by molar-refractivity contribution is 0.0693. The number of carbonyl (C=O) groups is 1. The molecule has 2 aliphatic heterocycles. The minimum atomic E-state index is -3.74. The first-order valence-corrected chi connectivity index (χ1v) is 12.7. The van der Waals surface area contributed by atoms with Crippen molar-refractivity contribution in [1.29, 1.82) is 0 Å². The van der Waals surface area contributed by atoms with Crippen molar-refractivity contribution in [3.8, 4) is 0 Å². The van der Waals surface area contributed by atoms with Crippen molar-refractivity contribution >= 4 is 26.9 Å². The van der Waals surface area contributed by atoms with Gasteiger partial charge < -0.3 is 14.2 Å². The number of fused-ring (bicyclic) bond motifs is 1. The van der Waals surface area contributed by atoms with Crippen molar-refractivity contribution in [3.63, 3.8) is 0 Å². The number of aryl methyl sites for hydroxylation is 2. The number of piperazine rings is 1. The molecule has 7 nitrogen and oxygen atoms in total. The average molecular weight is 448 g/mol. The van der Waals surface area contributed by atoms with E-state index in [4.69, 9.17) is 4.42 Å². The quantitative estimate of drug-likeness (QED) is 0.719. The van der Waals surface area contributed by atoms with Crippen LogP contribution in [0.5, 0.6) is 0 Å². The van der Waals surface area contributed by atoms with Gasteiger partial charge in [-0.3, -0.25) is 4.79 Å². The van der Waals surface area contributed by atoms with E-state index in [0.29, 0.717) is 29.6 Å². The molecule has 1 aromatic heterocycles. The van der Waals surface area contributed by atoms with Crippen molar-refractivity contribution < 1.29 is 17.6 Å². The Balaban J connectivity index is 1.80. The lowest BCUT2D eigenvalue weighted by atomic mass is 10.0. The van der Waals surface area contributed by atoms with E-state index >= 15 is 0 Å². The molecule has 0 radical (unpaired) electrons. The zero-order valence-corrected chi connectivity index (χ0v) is 19.8. The normalized spacial score (nSPS) is 19.3. The summed E-state index contributed by atoms with van der Waals surface area (Å²) in [7, 11) is -3.74. The zero-order chi connectivity index (χ0) is 22.3. The second-order valence-corrected chi connectivity index (χ2v) is 10.6. The number of carbonyl (C=O) groups excluding carboxylic acids is 1. The highest BCUT2D eigenvalue weighted by molar-refractivity contribution is 7.89. The molecule has 0 spiro atoms. The third-order valence-corrected chi connectivity index (χ3v) is 8.96. The zero-order valence-electron chi connectivity index (χ0n) is 19.0. The number of hydrogen-bond donors (Lipinski definition) is 0. The standard InChI is InChI=1S/C23H33N3O4S/c1-5-24-11-13-26(14-12-24)31(28,29)22-17(3)16(2)15-19-18(4)20(30-21(19)22)23(27)25-9-7-6-8-10-25/h15H,5-14H2,1-4H3. The van der Waals surface area contributed by atoms with Gasteiger partial charge in [-0.15, -0.1) is 0 Å². The summed E-state index contributed by atoms with van der Waals surface area (Å²) >= 11 is 0. The fraction of sp³-hybridized carbons (Fsp3) is 0.609. The van der Waals surface area contributed by atoms with Gasteiger partial charge >= 0.3 is 0 Å². The molecule has 1 aromatic carbocycles. The van der Waals surface area contributed by atoms with Crippen molar-refractivity contribution in [2.45, 2.75) is 51.9 Å². The lowest BCUT2D eigenvalue weighted by Gasteiger charge is -2.33. The third kappa shape index (κ3) is 3.90. The van der Waals surface area contributed by atoms with E-state index in [1.807, 2.05) is 31.7 Å². The molecular formula is C23H33N3O4S. The summed E-state index contributed by atoms with van der Waals surface area (Å²) in [5.41, 5.74) is 2.62. The van der Waals surface area contributed by atoms with Crippen LogP contribution in [0.2, 0.25) is 0 Å². The Hall–Kier alpha value is -1.90. The van der Waals surface area contributed by atoms with Crippen LogP contribution >= 0.6 is 0 Å². The first kappa shape index (κ1) is 22.3.